The second kappa shape index (κ2) is 5.07. The quantitative estimate of drug-likeness (QED) is 0.824. The zero-order valence-electron chi connectivity index (χ0n) is 11.1. The molecule has 2 aliphatic rings. The first-order valence-electron chi connectivity index (χ1n) is 6.68. The van der Waals surface area contributed by atoms with E-state index in [0.29, 0.717) is 0 Å². The highest BCUT2D eigenvalue weighted by Gasteiger charge is 2.25. The maximum absolute atomic E-state index is 5.58. The first kappa shape index (κ1) is 12.7. The number of oxime groups is 1. The lowest BCUT2D eigenvalue weighted by molar-refractivity contribution is 0.0855. The van der Waals surface area contributed by atoms with Crippen LogP contribution in [0.15, 0.2) is 52.1 Å². The van der Waals surface area contributed by atoms with E-state index in [9.17, 15) is 0 Å². The minimum absolute atomic E-state index is 0.0712. The lowest BCUT2D eigenvalue weighted by atomic mass is 10.00. The van der Waals surface area contributed by atoms with Gasteiger partial charge in [0.1, 0.15) is 0 Å². The van der Waals surface area contributed by atoms with Gasteiger partial charge < -0.3 is 14.3 Å². The molecule has 0 aromatic heterocycles. The molecule has 2 aliphatic heterocycles. The molecular formula is C16H12BrNO3. The molecule has 2 aromatic rings. The molecular weight excluding hydrogens is 334 g/mol. The highest BCUT2D eigenvalue weighted by molar-refractivity contribution is 9.10. The standard InChI is InChI=1S/C16H12BrNO3/c17-12-4-1-10(2-5-12)13-8-15(21-18-13)11-3-6-14-16(7-11)20-9-19-14/h1-7,15H,8-9H2. The molecule has 0 fully saturated rings. The van der Waals surface area contributed by atoms with Crippen LogP contribution in [0.25, 0.3) is 0 Å². The van der Waals surface area contributed by atoms with Crippen molar-refractivity contribution in [3.05, 3.63) is 58.1 Å². The van der Waals surface area contributed by atoms with Crippen molar-refractivity contribution in [1.82, 2.24) is 0 Å². The second-order valence-electron chi connectivity index (χ2n) is 4.96. The molecule has 2 aromatic carbocycles. The van der Waals surface area contributed by atoms with Crippen LogP contribution in [0, 0.1) is 0 Å². The van der Waals surface area contributed by atoms with Gasteiger partial charge in [-0.05, 0) is 35.4 Å². The van der Waals surface area contributed by atoms with Gasteiger partial charge in [0.2, 0.25) is 6.79 Å². The largest absolute Gasteiger partial charge is 0.454 e. The molecule has 106 valence electrons. The number of rotatable bonds is 2. The third-order valence-corrected chi connectivity index (χ3v) is 4.14. The van der Waals surface area contributed by atoms with E-state index >= 15 is 0 Å². The summed E-state index contributed by atoms with van der Waals surface area (Å²) in [5.41, 5.74) is 3.10. The minimum Gasteiger partial charge on any atom is -0.454 e. The monoisotopic (exact) mass is 345 g/mol. The number of nitrogens with zero attached hydrogens (tertiary/aromatic N) is 1. The number of benzene rings is 2. The highest BCUT2D eigenvalue weighted by atomic mass is 79.9. The summed E-state index contributed by atoms with van der Waals surface area (Å²) in [4.78, 5) is 5.58. The zero-order valence-corrected chi connectivity index (χ0v) is 12.7. The fourth-order valence-electron chi connectivity index (χ4n) is 2.48. The SMILES string of the molecule is Brc1ccc(C2=NOC(c3ccc4c(c3)OCO4)C2)cc1. The molecule has 0 N–H and O–H groups in total. The smallest absolute Gasteiger partial charge is 0.231 e. The predicted octanol–water partition coefficient (Wildman–Crippen LogP) is 4.04. The first-order valence-corrected chi connectivity index (χ1v) is 7.47. The van der Waals surface area contributed by atoms with Crippen LogP contribution in [0.3, 0.4) is 0 Å². The predicted molar refractivity (Wildman–Crippen MR) is 81.7 cm³/mol. The van der Waals surface area contributed by atoms with E-state index in [2.05, 4.69) is 21.1 Å². The van der Waals surface area contributed by atoms with Gasteiger partial charge in [-0.15, -0.1) is 0 Å². The molecule has 1 atom stereocenters. The molecule has 5 heteroatoms. The van der Waals surface area contributed by atoms with Crippen LogP contribution in [-0.2, 0) is 4.84 Å². The molecule has 2 heterocycles. The van der Waals surface area contributed by atoms with Gasteiger partial charge >= 0.3 is 0 Å². The Balaban J connectivity index is 1.54. The summed E-state index contributed by atoms with van der Waals surface area (Å²) < 4.78 is 11.8. The van der Waals surface area contributed by atoms with Gasteiger partial charge in [0.05, 0.1) is 5.71 Å². The Morgan fingerprint density at radius 1 is 1.00 bits per heavy atom. The Morgan fingerprint density at radius 2 is 1.81 bits per heavy atom. The molecule has 0 amide bonds. The minimum atomic E-state index is -0.0712. The van der Waals surface area contributed by atoms with Crippen LogP contribution in [0.2, 0.25) is 0 Å². The number of hydrogen-bond donors (Lipinski definition) is 0. The maximum Gasteiger partial charge on any atom is 0.231 e. The van der Waals surface area contributed by atoms with E-state index in [-0.39, 0.29) is 12.9 Å². The van der Waals surface area contributed by atoms with Crippen molar-refractivity contribution >= 4 is 21.6 Å². The summed E-state index contributed by atoms with van der Waals surface area (Å²) in [5, 5.41) is 4.22. The third-order valence-electron chi connectivity index (χ3n) is 3.61. The van der Waals surface area contributed by atoms with Crippen molar-refractivity contribution in [2.75, 3.05) is 6.79 Å². The van der Waals surface area contributed by atoms with E-state index in [1.54, 1.807) is 0 Å². The number of fused-ring (bicyclic) bond motifs is 1. The maximum atomic E-state index is 5.58. The second-order valence-corrected chi connectivity index (χ2v) is 5.87. The molecule has 0 spiro atoms. The molecule has 1 unspecified atom stereocenters. The molecule has 0 saturated carbocycles. The summed E-state index contributed by atoms with van der Waals surface area (Å²) in [6, 6.07) is 14.0. The summed E-state index contributed by atoms with van der Waals surface area (Å²) in [6.45, 7) is 0.283. The van der Waals surface area contributed by atoms with Crippen LogP contribution in [0.4, 0.5) is 0 Å². The molecule has 4 nitrogen and oxygen atoms in total. The Kier molecular flexibility index (Phi) is 3.07. The van der Waals surface area contributed by atoms with Gasteiger partial charge in [0, 0.05) is 10.9 Å². The molecule has 0 aliphatic carbocycles. The van der Waals surface area contributed by atoms with Gasteiger partial charge in [-0.1, -0.05) is 39.3 Å². The van der Waals surface area contributed by atoms with Crippen molar-refractivity contribution < 1.29 is 14.3 Å². The number of halogens is 1. The summed E-state index contributed by atoms with van der Waals surface area (Å²) in [5.74, 6) is 1.55. The Bertz CT molecular complexity index is 712. The summed E-state index contributed by atoms with van der Waals surface area (Å²) in [7, 11) is 0. The van der Waals surface area contributed by atoms with Crippen molar-refractivity contribution in [3.8, 4) is 11.5 Å². The van der Waals surface area contributed by atoms with Gasteiger partial charge in [-0.2, -0.15) is 0 Å². The van der Waals surface area contributed by atoms with Crippen molar-refractivity contribution in [1.29, 1.82) is 0 Å². The van der Waals surface area contributed by atoms with Crippen LogP contribution in [0.1, 0.15) is 23.7 Å². The molecule has 0 bridgehead atoms. The number of hydrogen-bond acceptors (Lipinski definition) is 4. The van der Waals surface area contributed by atoms with Crippen LogP contribution in [0.5, 0.6) is 11.5 Å². The molecule has 21 heavy (non-hydrogen) atoms. The van der Waals surface area contributed by atoms with E-state index < -0.39 is 0 Å². The normalized spacial score (nSPS) is 19.3. The van der Waals surface area contributed by atoms with Gasteiger partial charge in [-0.3, -0.25) is 0 Å². The van der Waals surface area contributed by atoms with E-state index in [0.717, 1.165) is 39.2 Å². The summed E-state index contributed by atoms with van der Waals surface area (Å²) in [6.07, 6.45) is 0.680. The van der Waals surface area contributed by atoms with Crippen molar-refractivity contribution in [2.45, 2.75) is 12.5 Å². The van der Waals surface area contributed by atoms with Crippen LogP contribution >= 0.6 is 15.9 Å². The Morgan fingerprint density at radius 3 is 2.67 bits per heavy atom. The average molecular weight is 346 g/mol. The highest BCUT2D eigenvalue weighted by Crippen LogP contribution is 2.37. The fraction of sp³-hybridized carbons (Fsp3) is 0.188. The van der Waals surface area contributed by atoms with Gasteiger partial charge in [0.15, 0.2) is 17.6 Å². The van der Waals surface area contributed by atoms with Crippen LogP contribution < -0.4 is 9.47 Å². The molecule has 4 rings (SSSR count). The van der Waals surface area contributed by atoms with Gasteiger partial charge in [-0.25, -0.2) is 0 Å². The molecule has 0 radical (unpaired) electrons. The Labute approximate surface area is 130 Å². The lowest BCUT2D eigenvalue weighted by Crippen LogP contribution is -2.01. The zero-order chi connectivity index (χ0) is 14.2. The summed E-state index contributed by atoms with van der Waals surface area (Å²) >= 11 is 3.43. The lowest BCUT2D eigenvalue weighted by Gasteiger charge is -2.09. The van der Waals surface area contributed by atoms with Gasteiger partial charge in [0.25, 0.3) is 0 Å². The first-order chi connectivity index (χ1) is 10.3. The van der Waals surface area contributed by atoms with Crippen molar-refractivity contribution in [2.24, 2.45) is 5.16 Å². The van der Waals surface area contributed by atoms with E-state index in [1.807, 2.05) is 42.5 Å². The van der Waals surface area contributed by atoms with E-state index in [1.165, 1.54) is 0 Å². The Hall–Kier alpha value is -2.01. The number of ether oxygens (including phenoxy) is 2. The average Bonchev–Trinajstić information content (AvgIpc) is 3.16. The topological polar surface area (TPSA) is 40.0 Å². The van der Waals surface area contributed by atoms with E-state index in [4.69, 9.17) is 14.3 Å². The van der Waals surface area contributed by atoms with Crippen molar-refractivity contribution in [3.63, 3.8) is 0 Å². The fourth-order valence-corrected chi connectivity index (χ4v) is 2.75. The van der Waals surface area contributed by atoms with Crippen LogP contribution in [-0.4, -0.2) is 12.5 Å². The third kappa shape index (κ3) is 2.38. The molecule has 0 saturated heterocycles.